The molecule has 2 N–H and O–H groups in total. The van der Waals surface area contributed by atoms with E-state index in [1.54, 1.807) is 31.2 Å². The smallest absolute Gasteiger partial charge is 0.229 e. The Bertz CT molecular complexity index is 1260. The van der Waals surface area contributed by atoms with Gasteiger partial charge in [0.2, 0.25) is 11.8 Å². The van der Waals surface area contributed by atoms with E-state index in [0.29, 0.717) is 11.4 Å². The van der Waals surface area contributed by atoms with E-state index in [9.17, 15) is 14.9 Å². The highest BCUT2D eigenvalue weighted by molar-refractivity contribution is 6.36. The van der Waals surface area contributed by atoms with Gasteiger partial charge in [0.25, 0.3) is 0 Å². The summed E-state index contributed by atoms with van der Waals surface area (Å²) in [7, 11) is 0. The fraction of sp³-hybridized carbons (Fsp3) is 0.0909. The number of allylic oxidation sites excluding steroid dienone is 1. The zero-order chi connectivity index (χ0) is 20.3. The number of aromatic nitrogens is 2. The number of ether oxygens (including phenoxy) is 1. The summed E-state index contributed by atoms with van der Waals surface area (Å²) in [6.45, 7) is 1.68. The Balaban J connectivity index is 1.88. The van der Waals surface area contributed by atoms with Crippen molar-refractivity contribution in [1.82, 2.24) is 9.78 Å². The summed E-state index contributed by atoms with van der Waals surface area (Å²) in [5.41, 5.74) is 5.86. The second-order valence-corrected chi connectivity index (χ2v) is 6.92. The molecule has 0 unspecified atom stereocenters. The highest BCUT2D eigenvalue weighted by Gasteiger charge is 2.62. The lowest BCUT2D eigenvalue weighted by molar-refractivity contribution is 0.0815. The zero-order valence-electron chi connectivity index (χ0n) is 15.3. The molecule has 2 aliphatic rings. The number of nitrogens with two attached hydrogens (primary N) is 1. The van der Waals surface area contributed by atoms with Gasteiger partial charge >= 0.3 is 0 Å². The molecule has 0 amide bonds. The Morgan fingerprint density at radius 3 is 2.21 bits per heavy atom. The molecule has 0 radical (unpaired) electrons. The molecule has 1 aliphatic carbocycles. The Hall–Kier alpha value is -4.18. The van der Waals surface area contributed by atoms with Crippen LogP contribution < -0.4 is 10.5 Å². The summed E-state index contributed by atoms with van der Waals surface area (Å²) in [4.78, 5) is 27.2. The lowest BCUT2D eigenvalue weighted by atomic mass is 9.69. The third-order valence-corrected chi connectivity index (χ3v) is 5.43. The van der Waals surface area contributed by atoms with Gasteiger partial charge < -0.3 is 10.5 Å². The van der Waals surface area contributed by atoms with Crippen LogP contribution >= 0.6 is 0 Å². The number of benzene rings is 2. The largest absolute Gasteiger partial charge is 0.422 e. The molecule has 7 heteroatoms. The van der Waals surface area contributed by atoms with Crippen molar-refractivity contribution >= 4 is 11.6 Å². The number of hydrogen-bond donors (Lipinski definition) is 1. The van der Waals surface area contributed by atoms with Crippen LogP contribution in [-0.4, -0.2) is 21.3 Å². The molecule has 0 saturated carbocycles. The summed E-state index contributed by atoms with van der Waals surface area (Å²) in [6.07, 6.45) is 0. The molecule has 5 rings (SSSR count). The number of nitriles is 1. The maximum Gasteiger partial charge on any atom is 0.229 e. The van der Waals surface area contributed by atoms with Crippen LogP contribution in [0.2, 0.25) is 0 Å². The summed E-state index contributed by atoms with van der Waals surface area (Å²) in [5, 5.41) is 14.4. The lowest BCUT2D eigenvalue weighted by Gasteiger charge is -2.30. The number of ketones is 2. The Labute approximate surface area is 165 Å². The first kappa shape index (κ1) is 17.0. The van der Waals surface area contributed by atoms with E-state index in [2.05, 4.69) is 5.10 Å². The average Bonchev–Trinajstić information content (AvgIpc) is 3.18. The first-order chi connectivity index (χ1) is 14.0. The van der Waals surface area contributed by atoms with Crippen LogP contribution in [0.5, 0.6) is 5.88 Å². The molecule has 1 aliphatic heterocycles. The van der Waals surface area contributed by atoms with Gasteiger partial charge in [0.05, 0.1) is 16.9 Å². The van der Waals surface area contributed by atoms with E-state index >= 15 is 0 Å². The molecular formula is C22H14N4O3. The summed E-state index contributed by atoms with van der Waals surface area (Å²) >= 11 is 0. The van der Waals surface area contributed by atoms with E-state index < -0.39 is 17.0 Å². The Morgan fingerprint density at radius 2 is 1.62 bits per heavy atom. The molecule has 7 nitrogen and oxygen atoms in total. The number of carbonyl (C=O) groups is 2. The maximum atomic E-state index is 13.6. The van der Waals surface area contributed by atoms with Gasteiger partial charge in [-0.05, 0) is 19.1 Å². The third-order valence-electron chi connectivity index (χ3n) is 5.43. The number of rotatable bonds is 1. The van der Waals surface area contributed by atoms with Gasteiger partial charge in [-0.3, -0.25) is 9.59 Å². The van der Waals surface area contributed by atoms with E-state index in [1.807, 2.05) is 36.4 Å². The standard InChI is InChI=1S/C22H14N4O3/c1-12-17-21(26(25-12)13-7-3-2-4-8-13)29-20(24)16(11-23)22(17)18(27)14-9-5-6-10-15(14)19(22)28/h2-10H,24H2,1H3. The van der Waals surface area contributed by atoms with Crippen LogP contribution in [-0.2, 0) is 5.41 Å². The van der Waals surface area contributed by atoms with Gasteiger partial charge in [-0.15, -0.1) is 0 Å². The number of Topliss-reactive ketones (excluding diaryl/α,β-unsaturated/α-hetero) is 2. The van der Waals surface area contributed by atoms with Crippen molar-refractivity contribution in [2.45, 2.75) is 12.3 Å². The normalized spacial score (nSPS) is 16.4. The third kappa shape index (κ3) is 1.92. The fourth-order valence-corrected chi connectivity index (χ4v) is 4.22. The van der Waals surface area contributed by atoms with Gasteiger partial charge in [-0.2, -0.15) is 10.4 Å². The van der Waals surface area contributed by atoms with Crippen molar-refractivity contribution in [2.24, 2.45) is 5.73 Å². The summed E-state index contributed by atoms with van der Waals surface area (Å²) < 4.78 is 7.25. The van der Waals surface area contributed by atoms with Crippen molar-refractivity contribution in [3.63, 3.8) is 0 Å². The molecule has 2 heterocycles. The summed E-state index contributed by atoms with van der Waals surface area (Å²) in [6, 6.07) is 17.6. The van der Waals surface area contributed by atoms with E-state index in [4.69, 9.17) is 10.5 Å². The van der Waals surface area contributed by atoms with Gasteiger partial charge in [-0.25, -0.2) is 4.68 Å². The molecule has 0 fully saturated rings. The van der Waals surface area contributed by atoms with E-state index in [0.717, 1.165) is 0 Å². The zero-order valence-corrected chi connectivity index (χ0v) is 15.3. The molecular weight excluding hydrogens is 368 g/mol. The Morgan fingerprint density at radius 1 is 1.03 bits per heavy atom. The van der Waals surface area contributed by atoms with E-state index in [-0.39, 0.29) is 34.0 Å². The number of aryl methyl sites for hydroxylation is 1. The van der Waals surface area contributed by atoms with Gasteiger partial charge in [-0.1, -0.05) is 42.5 Å². The Kier molecular flexibility index (Phi) is 3.31. The van der Waals surface area contributed by atoms with Crippen LogP contribution in [0.4, 0.5) is 0 Å². The first-order valence-corrected chi connectivity index (χ1v) is 8.94. The lowest BCUT2D eigenvalue weighted by Crippen LogP contribution is -2.45. The highest BCUT2D eigenvalue weighted by atomic mass is 16.5. The van der Waals surface area contributed by atoms with Crippen molar-refractivity contribution < 1.29 is 14.3 Å². The van der Waals surface area contributed by atoms with Crippen LogP contribution in [0.1, 0.15) is 32.0 Å². The molecule has 1 aromatic heterocycles. The van der Waals surface area contributed by atoms with Crippen molar-refractivity contribution in [3.05, 3.63) is 88.4 Å². The minimum atomic E-state index is -1.88. The monoisotopic (exact) mass is 382 g/mol. The molecule has 0 saturated heterocycles. The molecule has 1 spiro atoms. The number of carbonyl (C=O) groups excluding carboxylic acids is 2. The van der Waals surface area contributed by atoms with Crippen LogP contribution in [0.25, 0.3) is 5.69 Å². The molecule has 29 heavy (non-hydrogen) atoms. The van der Waals surface area contributed by atoms with Crippen LogP contribution in [0.15, 0.2) is 66.1 Å². The van der Waals surface area contributed by atoms with Crippen molar-refractivity contribution in [3.8, 4) is 17.6 Å². The number of hydrogen-bond acceptors (Lipinski definition) is 6. The highest BCUT2D eigenvalue weighted by Crippen LogP contribution is 2.52. The van der Waals surface area contributed by atoms with Gasteiger partial charge in [0.15, 0.2) is 17.0 Å². The predicted molar refractivity (Wildman–Crippen MR) is 103 cm³/mol. The quantitative estimate of drug-likeness (QED) is 0.648. The number of fused-ring (bicyclic) bond motifs is 3. The maximum absolute atomic E-state index is 13.6. The SMILES string of the molecule is Cc1nn(-c2ccccc2)c2c1C1(C(=O)c3ccccc3C1=O)C(C#N)=C(N)O2. The molecule has 0 bridgehead atoms. The molecule has 3 aromatic rings. The van der Waals surface area contributed by atoms with Gasteiger partial charge in [0.1, 0.15) is 11.6 Å². The van der Waals surface area contributed by atoms with Gasteiger partial charge in [0, 0.05) is 11.1 Å². The minimum absolute atomic E-state index is 0.166. The van der Waals surface area contributed by atoms with E-state index in [1.165, 1.54) is 4.68 Å². The molecule has 140 valence electrons. The second-order valence-electron chi connectivity index (χ2n) is 6.92. The summed E-state index contributed by atoms with van der Waals surface area (Å²) in [5.74, 6) is -1.08. The fourth-order valence-electron chi connectivity index (χ4n) is 4.22. The van der Waals surface area contributed by atoms with Crippen molar-refractivity contribution in [2.75, 3.05) is 0 Å². The number of nitrogens with zero attached hydrogens (tertiary/aromatic N) is 3. The predicted octanol–water partition coefficient (Wildman–Crippen LogP) is 2.58. The average molecular weight is 382 g/mol. The topological polar surface area (TPSA) is 111 Å². The van der Waals surface area contributed by atoms with Crippen LogP contribution in [0, 0.1) is 18.3 Å². The second kappa shape index (κ2) is 5.66. The van der Waals surface area contributed by atoms with Crippen LogP contribution in [0.3, 0.4) is 0 Å². The molecule has 0 atom stereocenters. The van der Waals surface area contributed by atoms with Crippen molar-refractivity contribution in [1.29, 1.82) is 5.26 Å². The number of para-hydroxylation sites is 1. The first-order valence-electron chi connectivity index (χ1n) is 8.94. The minimum Gasteiger partial charge on any atom is -0.422 e. The molecule has 2 aromatic carbocycles.